The minimum absolute atomic E-state index is 0.147. The summed E-state index contributed by atoms with van der Waals surface area (Å²) in [4.78, 5) is 10.4. The lowest BCUT2D eigenvalue weighted by atomic mass is 10.1. The molecule has 0 bridgehead atoms. The average molecular weight is 309 g/mol. The van der Waals surface area contributed by atoms with Gasteiger partial charge in [0, 0.05) is 5.69 Å². The van der Waals surface area contributed by atoms with Gasteiger partial charge in [-0.05, 0) is 31.2 Å². The molecule has 4 N–H and O–H groups in total. The minimum Gasteiger partial charge on any atom is -0.489 e. The second kappa shape index (κ2) is 6.00. The molecular weight excluding hydrogens is 290 g/mol. The third-order valence-corrected chi connectivity index (χ3v) is 3.57. The van der Waals surface area contributed by atoms with Crippen molar-refractivity contribution in [2.24, 2.45) is 21.5 Å². The molecule has 0 radical (unpaired) electrons. The average Bonchev–Trinajstić information content (AvgIpc) is 2.54. The van der Waals surface area contributed by atoms with Crippen molar-refractivity contribution in [3.8, 4) is 5.75 Å². The van der Waals surface area contributed by atoms with Crippen molar-refractivity contribution in [1.82, 2.24) is 0 Å². The predicted octanol–water partition coefficient (Wildman–Crippen LogP) is 1.93. The number of ether oxygens (including phenoxy) is 1. The van der Waals surface area contributed by atoms with E-state index in [1.165, 1.54) is 0 Å². The highest BCUT2D eigenvalue weighted by Crippen LogP contribution is 2.28. The number of aliphatic imine (C=N–C) groups is 2. The lowest BCUT2D eigenvalue weighted by Crippen LogP contribution is -2.58. The molecule has 6 nitrogen and oxygen atoms in total. The first kappa shape index (κ1) is 14.9. The number of nitrogens with two attached hydrogens (primary N) is 2. The Hall–Kier alpha value is -3.02. The standard InChI is InChI=1S/C17H19N5O/c1-17(12-23-14-10-6-3-7-11-14)21-15(18)20-16(19)22(17)13-8-4-2-5-9-13/h2-11H,12H2,1H3,(H4,18,19,20,21). The van der Waals surface area contributed by atoms with Gasteiger partial charge < -0.3 is 16.2 Å². The number of hydrogen-bond donors (Lipinski definition) is 2. The van der Waals surface area contributed by atoms with Crippen molar-refractivity contribution in [2.45, 2.75) is 12.6 Å². The molecule has 6 heteroatoms. The van der Waals surface area contributed by atoms with Crippen LogP contribution in [-0.4, -0.2) is 24.2 Å². The number of anilines is 1. The topological polar surface area (TPSA) is 89.2 Å². The summed E-state index contributed by atoms with van der Waals surface area (Å²) in [5, 5.41) is 0. The van der Waals surface area contributed by atoms with Crippen LogP contribution < -0.4 is 21.1 Å². The molecule has 0 fully saturated rings. The summed E-state index contributed by atoms with van der Waals surface area (Å²) >= 11 is 0. The van der Waals surface area contributed by atoms with Crippen LogP contribution in [0.2, 0.25) is 0 Å². The zero-order valence-corrected chi connectivity index (χ0v) is 12.9. The minimum atomic E-state index is -0.785. The molecule has 0 aromatic heterocycles. The molecule has 0 aliphatic carbocycles. The third kappa shape index (κ3) is 3.11. The summed E-state index contributed by atoms with van der Waals surface area (Å²) in [6.45, 7) is 2.19. The van der Waals surface area contributed by atoms with Crippen molar-refractivity contribution < 1.29 is 4.74 Å². The van der Waals surface area contributed by atoms with Gasteiger partial charge in [0.1, 0.15) is 12.4 Å². The first-order valence-corrected chi connectivity index (χ1v) is 7.31. The molecule has 0 saturated heterocycles. The van der Waals surface area contributed by atoms with Gasteiger partial charge in [-0.15, -0.1) is 0 Å². The number of guanidine groups is 2. The molecule has 23 heavy (non-hydrogen) atoms. The van der Waals surface area contributed by atoms with Gasteiger partial charge in [-0.25, -0.2) is 4.99 Å². The molecule has 1 heterocycles. The van der Waals surface area contributed by atoms with Gasteiger partial charge in [0.2, 0.25) is 11.9 Å². The van der Waals surface area contributed by atoms with Crippen molar-refractivity contribution in [1.29, 1.82) is 0 Å². The summed E-state index contributed by atoms with van der Waals surface area (Å²) < 4.78 is 5.88. The van der Waals surface area contributed by atoms with Crippen LogP contribution >= 0.6 is 0 Å². The SMILES string of the molecule is CC1(COc2ccccc2)N=C(N)N=C(N)N1c1ccccc1. The van der Waals surface area contributed by atoms with E-state index < -0.39 is 5.66 Å². The van der Waals surface area contributed by atoms with Gasteiger partial charge in [-0.2, -0.15) is 4.99 Å². The number of rotatable bonds is 4. The largest absolute Gasteiger partial charge is 0.489 e. The number of hydrogen-bond acceptors (Lipinski definition) is 6. The van der Waals surface area contributed by atoms with Gasteiger partial charge in [0.25, 0.3) is 0 Å². The van der Waals surface area contributed by atoms with Crippen LogP contribution in [0.4, 0.5) is 5.69 Å². The Labute approximate surface area is 135 Å². The van der Waals surface area contributed by atoms with Crippen molar-refractivity contribution in [2.75, 3.05) is 11.5 Å². The van der Waals surface area contributed by atoms with Crippen LogP contribution in [0.5, 0.6) is 5.75 Å². The third-order valence-electron chi connectivity index (χ3n) is 3.57. The monoisotopic (exact) mass is 309 g/mol. The van der Waals surface area contributed by atoms with Crippen LogP contribution in [0.15, 0.2) is 70.6 Å². The molecular formula is C17H19N5O. The van der Waals surface area contributed by atoms with E-state index in [0.29, 0.717) is 5.96 Å². The van der Waals surface area contributed by atoms with E-state index in [1.807, 2.05) is 72.5 Å². The fraction of sp³-hybridized carbons (Fsp3) is 0.176. The molecule has 0 spiro atoms. The molecule has 1 aliphatic rings. The molecule has 0 saturated carbocycles. The fourth-order valence-corrected chi connectivity index (χ4v) is 2.56. The fourth-order valence-electron chi connectivity index (χ4n) is 2.56. The Morgan fingerprint density at radius 2 is 1.61 bits per heavy atom. The predicted molar refractivity (Wildman–Crippen MR) is 92.5 cm³/mol. The van der Waals surface area contributed by atoms with E-state index in [9.17, 15) is 0 Å². The van der Waals surface area contributed by atoms with E-state index >= 15 is 0 Å². The lowest BCUT2D eigenvalue weighted by molar-refractivity contribution is 0.235. The lowest BCUT2D eigenvalue weighted by Gasteiger charge is -2.40. The van der Waals surface area contributed by atoms with Crippen molar-refractivity contribution in [3.63, 3.8) is 0 Å². The highest BCUT2D eigenvalue weighted by Gasteiger charge is 2.38. The Morgan fingerprint density at radius 3 is 2.26 bits per heavy atom. The number of para-hydroxylation sites is 2. The first-order valence-electron chi connectivity index (χ1n) is 7.31. The van der Waals surface area contributed by atoms with Crippen molar-refractivity contribution in [3.05, 3.63) is 60.7 Å². The zero-order chi connectivity index (χ0) is 16.3. The summed E-state index contributed by atoms with van der Waals surface area (Å²) in [5.74, 6) is 1.20. The molecule has 1 aliphatic heterocycles. The maximum absolute atomic E-state index is 6.11. The smallest absolute Gasteiger partial charge is 0.221 e. The van der Waals surface area contributed by atoms with Crippen LogP contribution in [0.3, 0.4) is 0 Å². The normalized spacial score (nSPS) is 20.7. The van der Waals surface area contributed by atoms with E-state index in [-0.39, 0.29) is 12.6 Å². The maximum Gasteiger partial charge on any atom is 0.221 e. The Kier molecular flexibility index (Phi) is 3.89. The molecule has 1 unspecified atom stereocenters. The Bertz CT molecular complexity index is 729. The maximum atomic E-state index is 6.11. The van der Waals surface area contributed by atoms with Gasteiger partial charge in [-0.3, -0.25) is 4.90 Å². The van der Waals surface area contributed by atoms with E-state index in [4.69, 9.17) is 16.2 Å². The van der Waals surface area contributed by atoms with Gasteiger partial charge in [0.05, 0.1) is 0 Å². The molecule has 3 rings (SSSR count). The van der Waals surface area contributed by atoms with Crippen LogP contribution in [0.25, 0.3) is 0 Å². The van der Waals surface area contributed by atoms with Crippen LogP contribution in [0.1, 0.15) is 6.92 Å². The highest BCUT2D eigenvalue weighted by atomic mass is 16.5. The summed E-state index contributed by atoms with van der Waals surface area (Å²) in [6.07, 6.45) is 0. The summed E-state index contributed by atoms with van der Waals surface area (Å²) in [5.41, 5.74) is 12.0. The number of benzene rings is 2. The first-order chi connectivity index (χ1) is 11.1. The molecule has 2 aromatic rings. The van der Waals surface area contributed by atoms with E-state index in [0.717, 1.165) is 11.4 Å². The summed E-state index contributed by atoms with van der Waals surface area (Å²) in [6, 6.07) is 19.3. The Morgan fingerprint density at radius 1 is 1.00 bits per heavy atom. The van der Waals surface area contributed by atoms with Crippen LogP contribution in [0, 0.1) is 0 Å². The molecule has 118 valence electrons. The molecule has 1 atom stereocenters. The summed E-state index contributed by atoms with van der Waals surface area (Å²) in [7, 11) is 0. The zero-order valence-electron chi connectivity index (χ0n) is 12.9. The van der Waals surface area contributed by atoms with Gasteiger partial charge in [-0.1, -0.05) is 36.4 Å². The second-order valence-electron chi connectivity index (χ2n) is 5.43. The number of nitrogens with zero attached hydrogens (tertiary/aromatic N) is 3. The highest BCUT2D eigenvalue weighted by molar-refractivity contribution is 6.05. The molecule has 0 amide bonds. The van der Waals surface area contributed by atoms with E-state index in [2.05, 4.69) is 9.98 Å². The van der Waals surface area contributed by atoms with Gasteiger partial charge in [0.15, 0.2) is 5.66 Å². The Balaban J connectivity index is 1.91. The van der Waals surface area contributed by atoms with E-state index in [1.54, 1.807) is 0 Å². The quantitative estimate of drug-likeness (QED) is 0.903. The van der Waals surface area contributed by atoms with Gasteiger partial charge >= 0.3 is 0 Å². The molecule has 2 aromatic carbocycles. The van der Waals surface area contributed by atoms with Crippen molar-refractivity contribution >= 4 is 17.6 Å². The van der Waals surface area contributed by atoms with Crippen LogP contribution in [-0.2, 0) is 0 Å². The second-order valence-corrected chi connectivity index (χ2v) is 5.43.